The molecule has 0 spiro atoms. The summed E-state index contributed by atoms with van der Waals surface area (Å²) in [5.41, 5.74) is 0. The quantitative estimate of drug-likeness (QED) is 0.776. The van der Waals surface area contributed by atoms with Gasteiger partial charge in [-0.2, -0.15) is 0 Å². The van der Waals surface area contributed by atoms with Crippen molar-refractivity contribution < 1.29 is 14.7 Å². The maximum absolute atomic E-state index is 11.8. The molecule has 17 heavy (non-hydrogen) atoms. The Hall–Kier alpha value is -1.06. The van der Waals surface area contributed by atoms with E-state index in [-0.39, 0.29) is 12.3 Å². The SMILES string of the molecule is CCCCC(=O)N1CCC(CCC(=O)O)CC1. The van der Waals surface area contributed by atoms with Gasteiger partial charge in [-0.3, -0.25) is 9.59 Å². The number of carboxylic acid groups (broad SMARTS) is 1. The average Bonchev–Trinajstić information content (AvgIpc) is 2.34. The molecule has 0 aromatic heterocycles. The predicted molar refractivity (Wildman–Crippen MR) is 65.7 cm³/mol. The van der Waals surface area contributed by atoms with Crippen molar-refractivity contribution in [3.63, 3.8) is 0 Å². The molecule has 1 heterocycles. The van der Waals surface area contributed by atoms with E-state index in [1.54, 1.807) is 0 Å². The van der Waals surface area contributed by atoms with Crippen molar-refractivity contribution in [3.8, 4) is 0 Å². The van der Waals surface area contributed by atoms with Crippen molar-refractivity contribution >= 4 is 11.9 Å². The van der Waals surface area contributed by atoms with Crippen LogP contribution in [0.15, 0.2) is 0 Å². The van der Waals surface area contributed by atoms with E-state index < -0.39 is 5.97 Å². The monoisotopic (exact) mass is 241 g/mol. The van der Waals surface area contributed by atoms with E-state index >= 15 is 0 Å². The van der Waals surface area contributed by atoms with Gasteiger partial charge in [-0.05, 0) is 31.6 Å². The molecule has 0 aromatic rings. The van der Waals surface area contributed by atoms with Gasteiger partial charge in [0.1, 0.15) is 0 Å². The van der Waals surface area contributed by atoms with E-state index in [0.717, 1.165) is 45.2 Å². The number of hydrogen-bond donors (Lipinski definition) is 1. The topological polar surface area (TPSA) is 57.6 Å². The summed E-state index contributed by atoms with van der Waals surface area (Å²) in [4.78, 5) is 24.2. The van der Waals surface area contributed by atoms with Crippen LogP contribution in [-0.2, 0) is 9.59 Å². The molecule has 1 fully saturated rings. The number of aliphatic carboxylic acids is 1. The van der Waals surface area contributed by atoms with E-state index in [0.29, 0.717) is 12.3 Å². The Morgan fingerprint density at radius 3 is 2.41 bits per heavy atom. The van der Waals surface area contributed by atoms with Crippen LogP contribution in [0.5, 0.6) is 0 Å². The minimum Gasteiger partial charge on any atom is -0.481 e. The molecule has 0 bridgehead atoms. The van der Waals surface area contributed by atoms with Gasteiger partial charge < -0.3 is 10.0 Å². The average molecular weight is 241 g/mol. The van der Waals surface area contributed by atoms with Crippen LogP contribution < -0.4 is 0 Å². The normalized spacial score (nSPS) is 17.1. The summed E-state index contributed by atoms with van der Waals surface area (Å²) in [6.45, 7) is 3.71. The number of carboxylic acids is 1. The van der Waals surface area contributed by atoms with Crippen LogP contribution >= 0.6 is 0 Å². The van der Waals surface area contributed by atoms with Crippen molar-refractivity contribution in [1.29, 1.82) is 0 Å². The highest BCUT2D eigenvalue weighted by atomic mass is 16.4. The lowest BCUT2D eigenvalue weighted by atomic mass is 9.92. The smallest absolute Gasteiger partial charge is 0.303 e. The molecule has 1 rings (SSSR count). The number of unbranched alkanes of at least 4 members (excludes halogenated alkanes) is 1. The molecule has 1 aliphatic rings. The van der Waals surface area contributed by atoms with Crippen LogP contribution in [0.2, 0.25) is 0 Å². The van der Waals surface area contributed by atoms with Gasteiger partial charge in [-0.1, -0.05) is 13.3 Å². The number of nitrogens with zero attached hydrogens (tertiary/aromatic N) is 1. The molecule has 4 heteroatoms. The Balaban J connectivity index is 2.20. The number of carbonyl (C=O) groups is 2. The van der Waals surface area contributed by atoms with E-state index in [2.05, 4.69) is 6.92 Å². The first kappa shape index (κ1) is 14.0. The summed E-state index contributed by atoms with van der Waals surface area (Å²) in [5.74, 6) is 0.0383. The van der Waals surface area contributed by atoms with E-state index in [1.165, 1.54) is 0 Å². The number of piperidine rings is 1. The van der Waals surface area contributed by atoms with Crippen LogP contribution in [0, 0.1) is 5.92 Å². The molecular formula is C13H23NO3. The summed E-state index contributed by atoms with van der Waals surface area (Å²) >= 11 is 0. The van der Waals surface area contributed by atoms with Gasteiger partial charge >= 0.3 is 5.97 Å². The maximum Gasteiger partial charge on any atom is 0.303 e. The highest BCUT2D eigenvalue weighted by Crippen LogP contribution is 2.22. The fourth-order valence-corrected chi connectivity index (χ4v) is 2.28. The zero-order chi connectivity index (χ0) is 12.7. The lowest BCUT2D eigenvalue weighted by molar-refractivity contribution is -0.138. The molecule has 1 N–H and O–H groups in total. The Bertz CT molecular complexity index is 257. The molecule has 1 aliphatic heterocycles. The second-order valence-electron chi connectivity index (χ2n) is 4.86. The highest BCUT2D eigenvalue weighted by molar-refractivity contribution is 5.76. The predicted octanol–water partition coefficient (Wildman–Crippen LogP) is 2.28. The largest absolute Gasteiger partial charge is 0.481 e. The third kappa shape index (κ3) is 5.20. The lowest BCUT2D eigenvalue weighted by Gasteiger charge is -2.32. The fraction of sp³-hybridized carbons (Fsp3) is 0.846. The molecule has 98 valence electrons. The molecule has 0 radical (unpaired) electrons. The molecule has 0 saturated carbocycles. The van der Waals surface area contributed by atoms with Gasteiger partial charge in [0.2, 0.25) is 5.91 Å². The lowest BCUT2D eigenvalue weighted by Crippen LogP contribution is -2.38. The standard InChI is InChI=1S/C13H23NO3/c1-2-3-4-12(15)14-9-7-11(8-10-14)5-6-13(16)17/h11H,2-10H2,1H3,(H,16,17). The maximum atomic E-state index is 11.8. The third-order valence-corrected chi connectivity index (χ3v) is 3.48. The van der Waals surface area contributed by atoms with Crippen molar-refractivity contribution in [2.45, 2.75) is 51.9 Å². The second-order valence-corrected chi connectivity index (χ2v) is 4.86. The van der Waals surface area contributed by atoms with E-state index in [4.69, 9.17) is 5.11 Å². The Kier molecular flexibility index (Phi) is 6.01. The first-order chi connectivity index (χ1) is 8.13. The van der Waals surface area contributed by atoms with Crippen molar-refractivity contribution in [3.05, 3.63) is 0 Å². The Morgan fingerprint density at radius 1 is 1.24 bits per heavy atom. The van der Waals surface area contributed by atoms with Gasteiger partial charge in [0.25, 0.3) is 0 Å². The van der Waals surface area contributed by atoms with Crippen molar-refractivity contribution in [1.82, 2.24) is 4.90 Å². The van der Waals surface area contributed by atoms with Crippen molar-refractivity contribution in [2.75, 3.05) is 13.1 Å². The minimum absolute atomic E-state index is 0.258. The molecule has 1 saturated heterocycles. The number of hydrogen-bond acceptors (Lipinski definition) is 2. The third-order valence-electron chi connectivity index (χ3n) is 3.48. The highest BCUT2D eigenvalue weighted by Gasteiger charge is 2.22. The second kappa shape index (κ2) is 7.30. The molecule has 0 aliphatic carbocycles. The minimum atomic E-state index is -0.716. The van der Waals surface area contributed by atoms with Crippen LogP contribution in [0.1, 0.15) is 51.9 Å². The molecule has 1 amide bonds. The number of rotatable bonds is 6. The molecule has 0 aromatic carbocycles. The summed E-state index contributed by atoms with van der Waals surface area (Å²) < 4.78 is 0. The van der Waals surface area contributed by atoms with Crippen molar-refractivity contribution in [2.24, 2.45) is 5.92 Å². The summed E-state index contributed by atoms with van der Waals surface area (Å²) in [5, 5.41) is 8.62. The molecule has 0 unspecified atom stereocenters. The summed E-state index contributed by atoms with van der Waals surface area (Å²) in [7, 11) is 0. The Labute approximate surface area is 103 Å². The molecule has 4 nitrogen and oxygen atoms in total. The first-order valence-electron chi connectivity index (χ1n) is 6.63. The van der Waals surface area contributed by atoms with Gasteiger partial charge in [-0.25, -0.2) is 0 Å². The first-order valence-corrected chi connectivity index (χ1v) is 6.63. The zero-order valence-electron chi connectivity index (χ0n) is 10.7. The number of likely N-dealkylation sites (tertiary alicyclic amines) is 1. The Morgan fingerprint density at radius 2 is 1.88 bits per heavy atom. The van der Waals surface area contributed by atoms with E-state index in [1.807, 2.05) is 4.90 Å². The van der Waals surface area contributed by atoms with Gasteiger partial charge in [0.05, 0.1) is 0 Å². The zero-order valence-corrected chi connectivity index (χ0v) is 10.7. The number of amides is 1. The van der Waals surface area contributed by atoms with Gasteiger partial charge in [0.15, 0.2) is 0 Å². The summed E-state index contributed by atoms with van der Waals surface area (Å²) in [6, 6.07) is 0. The fourth-order valence-electron chi connectivity index (χ4n) is 2.28. The molecular weight excluding hydrogens is 218 g/mol. The van der Waals surface area contributed by atoms with E-state index in [9.17, 15) is 9.59 Å². The summed E-state index contributed by atoms with van der Waals surface area (Å²) in [6.07, 6.45) is 5.63. The number of carbonyl (C=O) groups excluding carboxylic acids is 1. The molecule has 0 atom stereocenters. The van der Waals surface area contributed by atoms with Gasteiger partial charge in [0, 0.05) is 25.9 Å². The van der Waals surface area contributed by atoms with Crippen LogP contribution in [0.3, 0.4) is 0 Å². The van der Waals surface area contributed by atoms with Crippen LogP contribution in [0.25, 0.3) is 0 Å². The van der Waals surface area contributed by atoms with Crippen LogP contribution in [0.4, 0.5) is 0 Å². The van der Waals surface area contributed by atoms with Crippen LogP contribution in [-0.4, -0.2) is 35.0 Å². The van der Waals surface area contributed by atoms with Gasteiger partial charge in [-0.15, -0.1) is 0 Å².